The van der Waals surface area contributed by atoms with Crippen molar-refractivity contribution in [3.05, 3.63) is 0 Å². The van der Waals surface area contributed by atoms with Crippen LogP contribution in [0.4, 0.5) is 0 Å². The van der Waals surface area contributed by atoms with Gasteiger partial charge in [-0.15, -0.1) is 0 Å². The summed E-state index contributed by atoms with van der Waals surface area (Å²) in [6.07, 6.45) is 7.78. The fraction of sp³-hybridized carbons (Fsp3) is 0.929. The van der Waals surface area contributed by atoms with Crippen molar-refractivity contribution >= 4 is 15.7 Å². The molecule has 0 aromatic carbocycles. The van der Waals surface area contributed by atoms with Gasteiger partial charge in [-0.1, -0.05) is 19.3 Å². The van der Waals surface area contributed by atoms with E-state index in [4.69, 9.17) is 0 Å². The smallest absolute Gasteiger partial charge is 0.222 e. The molecule has 0 N–H and O–H groups in total. The average molecular weight is 289 g/mol. The summed E-state index contributed by atoms with van der Waals surface area (Å²) in [5.74, 6) is 0.569. The van der Waals surface area contributed by atoms with E-state index in [1.807, 2.05) is 6.92 Å². The number of carbonyl (C=O) groups excluding carboxylic acids is 1. The molecule has 19 heavy (non-hydrogen) atoms. The summed E-state index contributed by atoms with van der Waals surface area (Å²) in [6.45, 7) is 3.48. The summed E-state index contributed by atoms with van der Waals surface area (Å²) in [5.41, 5.74) is 0. The van der Waals surface area contributed by atoms with Crippen LogP contribution < -0.4 is 0 Å². The lowest BCUT2D eigenvalue weighted by molar-refractivity contribution is -0.132. The number of rotatable bonds is 5. The van der Waals surface area contributed by atoms with Crippen LogP contribution in [0.3, 0.4) is 0 Å². The average Bonchev–Trinajstić information content (AvgIpc) is 2.36. The quantitative estimate of drug-likeness (QED) is 0.780. The van der Waals surface area contributed by atoms with Crippen molar-refractivity contribution < 1.29 is 13.2 Å². The zero-order valence-electron chi connectivity index (χ0n) is 12.6. The van der Waals surface area contributed by atoms with E-state index < -0.39 is 15.1 Å². The van der Waals surface area contributed by atoms with E-state index in [-0.39, 0.29) is 11.9 Å². The summed E-state index contributed by atoms with van der Waals surface area (Å²) in [4.78, 5) is 13.8. The van der Waals surface area contributed by atoms with Gasteiger partial charge in [-0.05, 0) is 32.6 Å². The highest BCUT2D eigenvalue weighted by atomic mass is 32.2. The molecule has 0 bridgehead atoms. The molecule has 0 aromatic rings. The lowest BCUT2D eigenvalue weighted by atomic mass is 9.86. The number of hydrogen-bond acceptors (Lipinski definition) is 3. The maximum Gasteiger partial charge on any atom is 0.222 e. The third kappa shape index (κ3) is 4.79. The fourth-order valence-corrected chi connectivity index (χ4v) is 3.58. The first-order chi connectivity index (χ1) is 8.73. The highest BCUT2D eigenvalue weighted by molar-refractivity contribution is 7.91. The predicted octanol–water partition coefficient (Wildman–Crippen LogP) is 2.24. The van der Waals surface area contributed by atoms with Crippen molar-refractivity contribution in [2.45, 2.75) is 63.7 Å². The predicted molar refractivity (Wildman–Crippen MR) is 77.7 cm³/mol. The molecule has 0 radical (unpaired) electrons. The van der Waals surface area contributed by atoms with Crippen LogP contribution in [0.1, 0.15) is 52.4 Å². The Bertz CT molecular complexity index is 399. The highest BCUT2D eigenvalue weighted by Crippen LogP contribution is 2.27. The standard InChI is InChI=1S/C14H27NO3S/c1-11(12(2)19(4,17)18)15(3)14(16)10-13-8-6-5-7-9-13/h11-13H,5-10H2,1-4H3/t11-,12-/m1/s1. The van der Waals surface area contributed by atoms with Gasteiger partial charge in [0.25, 0.3) is 0 Å². The summed E-state index contributed by atoms with van der Waals surface area (Å²) in [6, 6.07) is -0.272. The zero-order chi connectivity index (χ0) is 14.6. The van der Waals surface area contributed by atoms with Crippen molar-refractivity contribution in [1.82, 2.24) is 4.90 Å². The Morgan fingerprint density at radius 1 is 1.21 bits per heavy atom. The number of hydrogen-bond donors (Lipinski definition) is 0. The molecule has 0 aromatic heterocycles. The summed E-state index contributed by atoms with van der Waals surface area (Å²) in [5, 5.41) is -0.521. The Morgan fingerprint density at radius 3 is 2.21 bits per heavy atom. The molecule has 5 heteroatoms. The topological polar surface area (TPSA) is 54.5 Å². The van der Waals surface area contributed by atoms with Crippen molar-refractivity contribution in [3.8, 4) is 0 Å². The van der Waals surface area contributed by atoms with Gasteiger partial charge in [0.05, 0.1) is 5.25 Å². The molecule has 0 heterocycles. The van der Waals surface area contributed by atoms with Crippen LogP contribution in [0.5, 0.6) is 0 Å². The van der Waals surface area contributed by atoms with E-state index in [1.165, 1.54) is 25.5 Å². The van der Waals surface area contributed by atoms with Gasteiger partial charge in [0.2, 0.25) is 5.91 Å². The number of nitrogens with zero attached hydrogens (tertiary/aromatic N) is 1. The van der Waals surface area contributed by atoms with Gasteiger partial charge in [0.15, 0.2) is 9.84 Å². The van der Waals surface area contributed by atoms with Gasteiger partial charge in [-0.3, -0.25) is 4.79 Å². The molecule has 1 amide bonds. The first-order valence-electron chi connectivity index (χ1n) is 7.18. The Morgan fingerprint density at radius 2 is 1.74 bits per heavy atom. The molecule has 0 spiro atoms. The molecule has 1 fully saturated rings. The summed E-state index contributed by atoms with van der Waals surface area (Å²) < 4.78 is 23.1. The summed E-state index contributed by atoms with van der Waals surface area (Å²) in [7, 11) is -1.39. The first kappa shape index (κ1) is 16.5. The highest BCUT2D eigenvalue weighted by Gasteiger charge is 2.29. The Labute approximate surface area is 117 Å². The maximum atomic E-state index is 12.2. The van der Waals surface area contributed by atoms with E-state index in [2.05, 4.69) is 0 Å². The van der Waals surface area contributed by atoms with Crippen molar-refractivity contribution in [2.24, 2.45) is 5.92 Å². The third-order valence-corrected chi connectivity index (χ3v) is 6.29. The molecule has 1 saturated carbocycles. The normalized spacial score (nSPS) is 20.8. The van der Waals surface area contributed by atoms with Crippen LogP contribution in [0.25, 0.3) is 0 Å². The molecule has 1 aliphatic carbocycles. The van der Waals surface area contributed by atoms with Crippen molar-refractivity contribution in [3.63, 3.8) is 0 Å². The molecule has 2 atom stereocenters. The Hall–Kier alpha value is -0.580. The molecule has 112 valence electrons. The van der Waals surface area contributed by atoms with Gasteiger partial charge in [0, 0.05) is 25.8 Å². The second-order valence-electron chi connectivity index (χ2n) is 5.99. The van der Waals surface area contributed by atoms with Crippen LogP contribution in [0.15, 0.2) is 0 Å². The van der Waals surface area contributed by atoms with Crippen LogP contribution in [-0.4, -0.2) is 43.8 Å². The number of carbonyl (C=O) groups is 1. The van der Waals surface area contributed by atoms with Crippen molar-refractivity contribution in [1.29, 1.82) is 0 Å². The minimum atomic E-state index is -3.11. The van der Waals surface area contributed by atoms with Gasteiger partial charge >= 0.3 is 0 Å². The van der Waals surface area contributed by atoms with Gasteiger partial charge < -0.3 is 4.90 Å². The Kier molecular flexibility index (Phi) is 5.83. The molecule has 4 nitrogen and oxygen atoms in total. The number of sulfone groups is 1. The van der Waals surface area contributed by atoms with Gasteiger partial charge in [-0.2, -0.15) is 0 Å². The molecule has 0 aliphatic heterocycles. The fourth-order valence-electron chi connectivity index (χ4n) is 2.68. The lowest BCUT2D eigenvalue weighted by Gasteiger charge is -2.31. The van der Waals surface area contributed by atoms with E-state index in [0.717, 1.165) is 12.8 Å². The Balaban J connectivity index is 2.55. The second-order valence-corrected chi connectivity index (χ2v) is 8.39. The van der Waals surface area contributed by atoms with Gasteiger partial charge in [-0.25, -0.2) is 8.42 Å². The molecule has 1 aliphatic rings. The second kappa shape index (κ2) is 6.73. The van der Waals surface area contributed by atoms with Crippen molar-refractivity contribution in [2.75, 3.05) is 13.3 Å². The van der Waals surface area contributed by atoms with Gasteiger partial charge in [0.1, 0.15) is 0 Å². The van der Waals surface area contributed by atoms with E-state index in [9.17, 15) is 13.2 Å². The van der Waals surface area contributed by atoms with Crippen LogP contribution in [0.2, 0.25) is 0 Å². The van der Waals surface area contributed by atoms with Crippen LogP contribution in [-0.2, 0) is 14.6 Å². The minimum Gasteiger partial charge on any atom is -0.342 e. The lowest BCUT2D eigenvalue weighted by Crippen LogP contribution is -2.44. The van der Waals surface area contributed by atoms with Crippen LogP contribution in [0, 0.1) is 5.92 Å². The zero-order valence-corrected chi connectivity index (χ0v) is 13.4. The maximum absolute atomic E-state index is 12.2. The van der Waals surface area contributed by atoms with Crippen LogP contribution >= 0.6 is 0 Å². The number of amides is 1. The minimum absolute atomic E-state index is 0.0786. The monoisotopic (exact) mass is 289 g/mol. The summed E-state index contributed by atoms with van der Waals surface area (Å²) >= 11 is 0. The van der Waals surface area contributed by atoms with E-state index in [0.29, 0.717) is 12.3 Å². The molecular formula is C14H27NO3S. The largest absolute Gasteiger partial charge is 0.342 e. The molecule has 0 unspecified atom stereocenters. The van der Waals surface area contributed by atoms with E-state index in [1.54, 1.807) is 18.9 Å². The molecular weight excluding hydrogens is 262 g/mol. The third-order valence-electron chi connectivity index (χ3n) is 4.55. The van der Waals surface area contributed by atoms with E-state index >= 15 is 0 Å². The molecule has 1 rings (SSSR count). The first-order valence-corrected chi connectivity index (χ1v) is 9.13. The molecule has 0 saturated heterocycles. The SMILES string of the molecule is C[C@H]([C@@H](C)S(C)(=O)=O)N(C)C(=O)CC1CCCCC1.